The van der Waals surface area contributed by atoms with Crippen LogP contribution < -0.4 is 10.1 Å². The van der Waals surface area contributed by atoms with Gasteiger partial charge >= 0.3 is 0 Å². The van der Waals surface area contributed by atoms with Crippen LogP contribution in [0.1, 0.15) is 6.99 Å². The zero-order chi connectivity index (χ0) is 20.2. The molecule has 0 amide bonds. The number of nitrogens with one attached hydrogen (secondary N) is 1. The van der Waals surface area contributed by atoms with Crippen LogP contribution >= 0.6 is 0 Å². The fourth-order valence-electron chi connectivity index (χ4n) is 2.84. The number of benzene rings is 2. The third-order valence-electron chi connectivity index (χ3n) is 4.06. The molecule has 0 aliphatic heterocycles. The first-order valence-corrected chi connectivity index (χ1v) is 8.92. The standard InChI is InChI=1S/C20H18F2N6O.H2/c1-14-7-17(12-19(8-14)29-6-5-27-4-2-3-24-27)25-20-23-13-28(26-20)18-10-15(21)9-16(22)11-18;/h2-4,7-13H,5-6H2,1H3,(H,25,26);1H. The summed E-state index contributed by atoms with van der Waals surface area (Å²) >= 11 is 0. The third-order valence-corrected chi connectivity index (χ3v) is 4.06. The molecule has 7 nitrogen and oxygen atoms in total. The van der Waals surface area contributed by atoms with E-state index in [4.69, 9.17) is 4.74 Å². The molecule has 0 saturated carbocycles. The van der Waals surface area contributed by atoms with Crippen molar-refractivity contribution in [3.05, 3.63) is 78.4 Å². The Morgan fingerprint density at radius 1 is 1.10 bits per heavy atom. The molecule has 0 aliphatic rings. The van der Waals surface area contributed by atoms with Gasteiger partial charge in [0.1, 0.15) is 30.3 Å². The van der Waals surface area contributed by atoms with Crippen LogP contribution in [0.25, 0.3) is 5.69 Å². The largest absolute Gasteiger partial charge is 0.492 e. The van der Waals surface area contributed by atoms with Crippen LogP contribution in [0.2, 0.25) is 0 Å². The van der Waals surface area contributed by atoms with E-state index in [1.807, 2.05) is 37.4 Å². The second kappa shape index (κ2) is 8.09. The van der Waals surface area contributed by atoms with Crippen LogP contribution in [-0.2, 0) is 6.54 Å². The first-order valence-electron chi connectivity index (χ1n) is 8.92. The van der Waals surface area contributed by atoms with Gasteiger partial charge in [0.15, 0.2) is 0 Å². The molecule has 2 aromatic heterocycles. The highest BCUT2D eigenvalue weighted by atomic mass is 19.1. The Kier molecular flexibility index (Phi) is 5.19. The quantitative estimate of drug-likeness (QED) is 0.507. The normalized spacial score (nSPS) is 10.9. The van der Waals surface area contributed by atoms with Crippen molar-refractivity contribution < 1.29 is 14.9 Å². The van der Waals surface area contributed by atoms with Gasteiger partial charge in [0.2, 0.25) is 5.95 Å². The van der Waals surface area contributed by atoms with E-state index in [0.717, 1.165) is 17.3 Å². The summed E-state index contributed by atoms with van der Waals surface area (Å²) in [7, 11) is 0. The van der Waals surface area contributed by atoms with E-state index in [9.17, 15) is 8.78 Å². The first-order chi connectivity index (χ1) is 14.0. The highest BCUT2D eigenvalue weighted by Gasteiger charge is 2.08. The van der Waals surface area contributed by atoms with Crippen LogP contribution in [0, 0.1) is 18.6 Å². The molecule has 0 saturated heterocycles. The lowest BCUT2D eigenvalue weighted by Gasteiger charge is -2.10. The van der Waals surface area contributed by atoms with E-state index in [1.54, 1.807) is 10.9 Å². The van der Waals surface area contributed by atoms with Gasteiger partial charge in [-0.2, -0.15) is 10.1 Å². The molecule has 0 aliphatic carbocycles. The van der Waals surface area contributed by atoms with E-state index < -0.39 is 11.6 Å². The number of ether oxygens (including phenoxy) is 1. The summed E-state index contributed by atoms with van der Waals surface area (Å²) in [6, 6.07) is 10.7. The molecule has 2 heterocycles. The number of hydrogen-bond donors (Lipinski definition) is 1. The number of aryl methyl sites for hydroxylation is 1. The van der Waals surface area contributed by atoms with E-state index in [2.05, 4.69) is 20.5 Å². The number of rotatable bonds is 7. The summed E-state index contributed by atoms with van der Waals surface area (Å²) in [5.74, 6) is -0.366. The summed E-state index contributed by atoms with van der Waals surface area (Å²) in [4.78, 5) is 4.15. The molecule has 2 aromatic carbocycles. The Labute approximate surface area is 167 Å². The molecular formula is C20H20F2N6O. The maximum Gasteiger partial charge on any atom is 0.246 e. The Hall–Kier alpha value is -3.75. The summed E-state index contributed by atoms with van der Waals surface area (Å²) in [5.41, 5.74) is 1.98. The van der Waals surface area contributed by atoms with Crippen molar-refractivity contribution in [3.63, 3.8) is 0 Å². The Morgan fingerprint density at radius 3 is 2.69 bits per heavy atom. The molecule has 150 valence electrons. The van der Waals surface area contributed by atoms with Crippen molar-refractivity contribution in [3.8, 4) is 11.4 Å². The molecule has 0 unspecified atom stereocenters. The minimum Gasteiger partial charge on any atom is -0.492 e. The highest BCUT2D eigenvalue weighted by molar-refractivity contribution is 5.57. The van der Waals surface area contributed by atoms with Crippen LogP contribution in [0.15, 0.2) is 61.2 Å². The number of hydrogen-bond acceptors (Lipinski definition) is 5. The first kappa shape index (κ1) is 18.6. The lowest BCUT2D eigenvalue weighted by atomic mass is 10.2. The molecule has 0 spiro atoms. The summed E-state index contributed by atoms with van der Waals surface area (Å²) in [6.07, 6.45) is 4.98. The number of nitrogens with zero attached hydrogens (tertiary/aromatic N) is 5. The molecule has 0 atom stereocenters. The van der Waals surface area contributed by atoms with Crippen LogP contribution in [0.4, 0.5) is 20.4 Å². The molecule has 29 heavy (non-hydrogen) atoms. The molecule has 0 radical (unpaired) electrons. The molecule has 1 N–H and O–H groups in total. The average Bonchev–Trinajstić information content (AvgIpc) is 3.32. The second-order valence-electron chi connectivity index (χ2n) is 6.42. The van der Waals surface area contributed by atoms with Crippen molar-refractivity contribution in [1.29, 1.82) is 0 Å². The van der Waals surface area contributed by atoms with Gasteiger partial charge in [-0.3, -0.25) is 4.68 Å². The van der Waals surface area contributed by atoms with E-state index in [-0.39, 0.29) is 7.11 Å². The molecule has 0 bridgehead atoms. The zero-order valence-corrected chi connectivity index (χ0v) is 15.6. The topological polar surface area (TPSA) is 69.8 Å². The van der Waals surface area contributed by atoms with Gasteiger partial charge < -0.3 is 10.1 Å². The van der Waals surface area contributed by atoms with Gasteiger partial charge in [-0.25, -0.2) is 13.5 Å². The minimum atomic E-state index is -0.680. The zero-order valence-electron chi connectivity index (χ0n) is 15.6. The molecule has 0 fully saturated rings. The fourth-order valence-corrected chi connectivity index (χ4v) is 2.84. The van der Waals surface area contributed by atoms with Gasteiger partial charge in [-0.15, -0.1) is 5.10 Å². The van der Waals surface area contributed by atoms with Crippen molar-refractivity contribution in [1.82, 2.24) is 24.5 Å². The number of aromatic nitrogens is 5. The summed E-state index contributed by atoms with van der Waals surface area (Å²) < 4.78 is 35.7. The predicted octanol–water partition coefficient (Wildman–Crippen LogP) is 4.12. The third kappa shape index (κ3) is 4.75. The average molecular weight is 398 g/mol. The van der Waals surface area contributed by atoms with E-state index in [0.29, 0.717) is 24.8 Å². The molecule has 9 heteroatoms. The van der Waals surface area contributed by atoms with Gasteiger partial charge in [0.25, 0.3) is 0 Å². The van der Waals surface area contributed by atoms with Crippen LogP contribution in [0.5, 0.6) is 5.75 Å². The summed E-state index contributed by atoms with van der Waals surface area (Å²) in [5, 5.41) is 11.4. The van der Waals surface area contributed by atoms with Gasteiger partial charge in [-0.05, 0) is 42.8 Å². The van der Waals surface area contributed by atoms with Crippen LogP contribution in [0.3, 0.4) is 0 Å². The Morgan fingerprint density at radius 2 is 1.93 bits per heavy atom. The monoisotopic (exact) mass is 398 g/mol. The van der Waals surface area contributed by atoms with E-state index >= 15 is 0 Å². The Bertz CT molecular complexity index is 1100. The number of anilines is 2. The second-order valence-corrected chi connectivity index (χ2v) is 6.42. The summed E-state index contributed by atoms with van der Waals surface area (Å²) in [6.45, 7) is 3.07. The predicted molar refractivity (Wildman–Crippen MR) is 106 cm³/mol. The lowest BCUT2D eigenvalue weighted by molar-refractivity contribution is 0.291. The number of halogens is 2. The van der Waals surface area contributed by atoms with Crippen molar-refractivity contribution in [2.45, 2.75) is 13.5 Å². The smallest absolute Gasteiger partial charge is 0.246 e. The van der Waals surface area contributed by atoms with Crippen LogP contribution in [-0.4, -0.2) is 31.2 Å². The van der Waals surface area contributed by atoms with Crippen molar-refractivity contribution in [2.75, 3.05) is 11.9 Å². The van der Waals surface area contributed by atoms with Gasteiger partial charge in [-0.1, -0.05) is 0 Å². The highest BCUT2D eigenvalue weighted by Crippen LogP contribution is 2.23. The molecule has 4 rings (SSSR count). The maximum absolute atomic E-state index is 13.4. The van der Waals surface area contributed by atoms with E-state index in [1.165, 1.54) is 23.1 Å². The Balaban J connectivity index is 0.00000256. The SMILES string of the molecule is Cc1cc(Nc2ncn(-c3cc(F)cc(F)c3)n2)cc(OCCn2cccn2)c1.[HH]. The van der Waals surface area contributed by atoms with Crippen molar-refractivity contribution >= 4 is 11.6 Å². The minimum absolute atomic E-state index is 0. The fraction of sp³-hybridized carbons (Fsp3) is 0.150. The molecule has 4 aromatic rings. The molecular weight excluding hydrogens is 378 g/mol. The van der Waals surface area contributed by atoms with Gasteiger partial charge in [0, 0.05) is 31.6 Å². The van der Waals surface area contributed by atoms with Gasteiger partial charge in [0.05, 0.1) is 12.2 Å². The maximum atomic E-state index is 13.4. The van der Waals surface area contributed by atoms with Crippen molar-refractivity contribution in [2.24, 2.45) is 0 Å². The lowest BCUT2D eigenvalue weighted by Crippen LogP contribution is -2.08.